The van der Waals surface area contributed by atoms with E-state index < -0.39 is 6.04 Å². The van der Waals surface area contributed by atoms with Crippen LogP contribution in [0.15, 0.2) is 48.5 Å². The number of thioether (sulfide) groups is 1. The monoisotopic (exact) mass is 424 g/mol. The van der Waals surface area contributed by atoms with Crippen LogP contribution in [0, 0.1) is 0 Å². The first-order valence-corrected chi connectivity index (χ1v) is 10.6. The molecule has 144 valence electrons. The maximum absolute atomic E-state index is 12.9. The van der Waals surface area contributed by atoms with Crippen molar-refractivity contribution in [1.29, 1.82) is 0 Å². The second-order valence-corrected chi connectivity index (χ2v) is 7.94. The van der Waals surface area contributed by atoms with Crippen molar-refractivity contribution in [3.05, 3.63) is 69.7 Å². The summed E-state index contributed by atoms with van der Waals surface area (Å²) in [6.45, 7) is 0.438. The van der Waals surface area contributed by atoms with Crippen molar-refractivity contribution >= 4 is 46.8 Å². The Bertz CT molecular complexity index is 784. The highest BCUT2D eigenvalue weighted by atomic mass is 35.5. The molecule has 0 radical (unpaired) electrons. The average molecular weight is 425 g/mol. The van der Waals surface area contributed by atoms with Crippen molar-refractivity contribution in [2.24, 2.45) is 0 Å². The molecule has 27 heavy (non-hydrogen) atoms. The lowest BCUT2D eigenvalue weighted by Crippen LogP contribution is -2.47. The van der Waals surface area contributed by atoms with Crippen LogP contribution in [0.5, 0.6) is 0 Å². The van der Waals surface area contributed by atoms with E-state index in [0.717, 1.165) is 11.3 Å². The maximum atomic E-state index is 12.9. The molecule has 2 amide bonds. The van der Waals surface area contributed by atoms with Gasteiger partial charge in [0.15, 0.2) is 0 Å². The summed E-state index contributed by atoms with van der Waals surface area (Å²) in [6.07, 6.45) is 2.51. The normalized spacial score (nSPS) is 11.7. The average Bonchev–Trinajstić information content (AvgIpc) is 2.66. The van der Waals surface area contributed by atoms with Gasteiger partial charge in [-0.3, -0.25) is 9.59 Å². The molecular formula is C20H22Cl2N2O2S. The highest BCUT2D eigenvalue weighted by molar-refractivity contribution is 7.98. The zero-order chi connectivity index (χ0) is 19.8. The molecule has 7 heteroatoms. The van der Waals surface area contributed by atoms with Crippen LogP contribution in [0.25, 0.3) is 0 Å². The number of carbonyl (C=O) groups excluding carboxylic acids is 2. The van der Waals surface area contributed by atoms with E-state index >= 15 is 0 Å². The van der Waals surface area contributed by atoms with E-state index in [1.54, 1.807) is 60.1 Å². The van der Waals surface area contributed by atoms with Gasteiger partial charge in [0.05, 0.1) is 10.6 Å². The van der Waals surface area contributed by atoms with E-state index in [4.69, 9.17) is 23.2 Å². The van der Waals surface area contributed by atoms with Gasteiger partial charge < -0.3 is 10.2 Å². The standard InChI is InChI=1S/C20H22Cl2N2O2S/c1-24(13-14-7-9-15(21)10-8-14)20(26)18(11-12-27-2)23-19(25)16-5-3-4-6-17(16)22/h3-10,18H,11-13H2,1-2H3,(H,23,25). The predicted octanol–water partition coefficient (Wildman–Crippen LogP) is 4.50. The van der Waals surface area contributed by atoms with Crippen molar-refractivity contribution in [3.63, 3.8) is 0 Å². The smallest absolute Gasteiger partial charge is 0.253 e. The highest BCUT2D eigenvalue weighted by Crippen LogP contribution is 2.16. The third-order valence-electron chi connectivity index (χ3n) is 4.04. The van der Waals surface area contributed by atoms with Crippen molar-refractivity contribution in [2.75, 3.05) is 19.1 Å². The predicted molar refractivity (Wildman–Crippen MR) is 114 cm³/mol. The van der Waals surface area contributed by atoms with Crippen LogP contribution in [0.4, 0.5) is 0 Å². The molecule has 4 nitrogen and oxygen atoms in total. The Morgan fingerprint density at radius 2 is 1.78 bits per heavy atom. The largest absolute Gasteiger partial charge is 0.340 e. The van der Waals surface area contributed by atoms with Gasteiger partial charge in [0.25, 0.3) is 5.91 Å². The van der Waals surface area contributed by atoms with Crippen LogP contribution in [-0.2, 0) is 11.3 Å². The van der Waals surface area contributed by atoms with Crippen molar-refractivity contribution in [3.8, 4) is 0 Å². The summed E-state index contributed by atoms with van der Waals surface area (Å²) in [4.78, 5) is 27.1. The Morgan fingerprint density at radius 1 is 1.11 bits per heavy atom. The van der Waals surface area contributed by atoms with Gasteiger partial charge in [-0.15, -0.1) is 0 Å². The third kappa shape index (κ3) is 6.45. The number of carbonyl (C=O) groups is 2. The number of nitrogens with one attached hydrogen (secondary N) is 1. The molecule has 2 aromatic carbocycles. The molecule has 1 atom stereocenters. The molecule has 0 fully saturated rings. The van der Waals surface area contributed by atoms with Gasteiger partial charge in [-0.2, -0.15) is 11.8 Å². The van der Waals surface area contributed by atoms with Gasteiger partial charge in [-0.05, 0) is 48.3 Å². The lowest BCUT2D eigenvalue weighted by Gasteiger charge is -2.25. The van der Waals surface area contributed by atoms with Gasteiger partial charge in [-0.25, -0.2) is 0 Å². The van der Waals surface area contributed by atoms with Crippen LogP contribution in [0.1, 0.15) is 22.3 Å². The van der Waals surface area contributed by atoms with E-state index in [-0.39, 0.29) is 11.8 Å². The molecule has 1 N–H and O–H groups in total. The van der Waals surface area contributed by atoms with E-state index in [0.29, 0.717) is 28.6 Å². The molecule has 1 unspecified atom stereocenters. The molecule has 0 spiro atoms. The summed E-state index contributed by atoms with van der Waals surface area (Å²) >= 11 is 13.6. The summed E-state index contributed by atoms with van der Waals surface area (Å²) < 4.78 is 0. The summed E-state index contributed by atoms with van der Waals surface area (Å²) in [5.41, 5.74) is 1.33. The van der Waals surface area contributed by atoms with Crippen LogP contribution in [0.2, 0.25) is 10.0 Å². The molecule has 2 rings (SSSR count). The van der Waals surface area contributed by atoms with E-state index in [2.05, 4.69) is 5.32 Å². The molecule has 0 saturated carbocycles. The highest BCUT2D eigenvalue weighted by Gasteiger charge is 2.25. The number of amides is 2. The van der Waals surface area contributed by atoms with Crippen molar-refractivity contribution in [2.45, 2.75) is 19.0 Å². The molecule has 0 aliphatic carbocycles. The summed E-state index contributed by atoms with van der Waals surface area (Å²) in [5, 5.41) is 3.85. The number of benzene rings is 2. The Hall–Kier alpha value is -1.69. The Labute approximate surface area is 174 Å². The van der Waals surface area contributed by atoms with E-state index in [1.807, 2.05) is 18.4 Å². The number of halogens is 2. The fourth-order valence-corrected chi connectivity index (χ4v) is 3.40. The first-order valence-electron chi connectivity index (χ1n) is 8.46. The lowest BCUT2D eigenvalue weighted by atomic mass is 10.1. The minimum absolute atomic E-state index is 0.139. The first kappa shape index (κ1) is 21.6. The molecule has 0 heterocycles. The molecule has 2 aromatic rings. The Kier molecular flexibility index (Phi) is 8.48. The zero-order valence-electron chi connectivity index (χ0n) is 15.2. The zero-order valence-corrected chi connectivity index (χ0v) is 17.6. The Morgan fingerprint density at radius 3 is 2.41 bits per heavy atom. The number of hydrogen-bond acceptors (Lipinski definition) is 3. The van der Waals surface area contributed by atoms with Gasteiger partial charge in [-0.1, -0.05) is 47.5 Å². The van der Waals surface area contributed by atoms with Gasteiger partial charge >= 0.3 is 0 Å². The van der Waals surface area contributed by atoms with Crippen LogP contribution < -0.4 is 5.32 Å². The third-order valence-corrected chi connectivity index (χ3v) is 5.27. The topological polar surface area (TPSA) is 49.4 Å². The molecule has 0 bridgehead atoms. The number of nitrogens with zero attached hydrogens (tertiary/aromatic N) is 1. The van der Waals surface area contributed by atoms with Crippen molar-refractivity contribution < 1.29 is 9.59 Å². The van der Waals surface area contributed by atoms with E-state index in [9.17, 15) is 9.59 Å². The molecule has 0 aliphatic heterocycles. The minimum atomic E-state index is -0.612. The number of hydrogen-bond donors (Lipinski definition) is 1. The first-order chi connectivity index (χ1) is 12.9. The second-order valence-electron chi connectivity index (χ2n) is 6.11. The molecule has 0 saturated heterocycles. The van der Waals surface area contributed by atoms with E-state index in [1.165, 1.54) is 0 Å². The summed E-state index contributed by atoms with van der Waals surface area (Å²) in [6, 6.07) is 13.5. The molecule has 0 aliphatic rings. The Balaban J connectivity index is 2.09. The maximum Gasteiger partial charge on any atom is 0.253 e. The van der Waals surface area contributed by atoms with Crippen molar-refractivity contribution in [1.82, 2.24) is 10.2 Å². The molecule has 0 aromatic heterocycles. The quantitative estimate of drug-likeness (QED) is 0.678. The summed E-state index contributed by atoms with van der Waals surface area (Å²) in [7, 11) is 1.73. The van der Waals surface area contributed by atoms with Gasteiger partial charge in [0, 0.05) is 18.6 Å². The minimum Gasteiger partial charge on any atom is -0.340 e. The van der Waals surface area contributed by atoms with Crippen LogP contribution in [-0.4, -0.2) is 41.8 Å². The summed E-state index contributed by atoms with van der Waals surface area (Å²) in [5.74, 6) is 0.271. The van der Waals surface area contributed by atoms with Gasteiger partial charge in [0.1, 0.15) is 6.04 Å². The molecular weight excluding hydrogens is 403 g/mol. The fraction of sp³-hybridized carbons (Fsp3) is 0.300. The van der Waals surface area contributed by atoms with Crippen LogP contribution >= 0.6 is 35.0 Å². The van der Waals surface area contributed by atoms with Gasteiger partial charge in [0.2, 0.25) is 5.91 Å². The lowest BCUT2D eigenvalue weighted by molar-refractivity contribution is -0.132. The second kappa shape index (κ2) is 10.6. The SMILES string of the molecule is CSCCC(NC(=O)c1ccccc1Cl)C(=O)N(C)Cc1ccc(Cl)cc1. The number of likely N-dealkylation sites (N-methyl/N-ethyl adjacent to an activating group) is 1. The fourth-order valence-electron chi connectivity index (χ4n) is 2.58. The number of rotatable bonds is 8. The van der Waals surface area contributed by atoms with Crippen LogP contribution in [0.3, 0.4) is 0 Å².